The third kappa shape index (κ3) is 14.7. The number of cyclic esters (lactones) is 3. The van der Waals surface area contributed by atoms with Crippen molar-refractivity contribution in [1.29, 1.82) is 0 Å². The van der Waals surface area contributed by atoms with Crippen molar-refractivity contribution >= 4 is 17.9 Å². The molecule has 5 aliphatic rings. The fourth-order valence-corrected chi connectivity index (χ4v) is 5.90. The van der Waals surface area contributed by atoms with E-state index in [9.17, 15) is 14.4 Å². The largest absolute Gasteiger partial charge is 0.462 e. The van der Waals surface area contributed by atoms with Crippen molar-refractivity contribution < 1.29 is 38.1 Å². The van der Waals surface area contributed by atoms with Crippen LogP contribution in [-0.2, 0) is 38.1 Å². The van der Waals surface area contributed by atoms with Gasteiger partial charge in [-0.25, -0.2) is 4.79 Å². The van der Waals surface area contributed by atoms with E-state index in [4.69, 9.17) is 23.7 Å². The molecule has 278 valence electrons. The van der Waals surface area contributed by atoms with Crippen LogP contribution in [-0.4, -0.2) is 61.6 Å². The molecule has 3 saturated heterocycles. The Kier molecular flexibility index (Phi) is 19.3. The van der Waals surface area contributed by atoms with Crippen LogP contribution in [0.25, 0.3) is 0 Å². The molecule has 0 radical (unpaired) electrons. The third-order valence-electron chi connectivity index (χ3n) is 11.7. The van der Waals surface area contributed by atoms with Gasteiger partial charge in [0.15, 0.2) is 0 Å². The predicted octanol–water partition coefficient (Wildman–Crippen LogP) is 8.76. The summed E-state index contributed by atoms with van der Waals surface area (Å²) < 4.78 is 25.9. The first-order chi connectivity index (χ1) is 22.3. The summed E-state index contributed by atoms with van der Waals surface area (Å²) in [6.45, 7) is 33.3. The van der Waals surface area contributed by atoms with Crippen molar-refractivity contribution in [1.82, 2.24) is 0 Å². The molecule has 0 amide bonds. The maximum Gasteiger partial charge on any atom is 0.330 e. The highest BCUT2D eigenvalue weighted by atomic mass is 16.6. The van der Waals surface area contributed by atoms with E-state index in [1.54, 1.807) is 6.08 Å². The summed E-state index contributed by atoms with van der Waals surface area (Å²) in [5.74, 6) is 4.28. The zero-order valence-electron chi connectivity index (χ0n) is 33.0. The average molecular weight is 679 g/mol. The van der Waals surface area contributed by atoms with Crippen LogP contribution >= 0.6 is 0 Å². The minimum absolute atomic E-state index is 0.0394. The molecule has 0 aromatic carbocycles. The lowest BCUT2D eigenvalue weighted by molar-refractivity contribution is -0.160. The predicted molar refractivity (Wildman–Crippen MR) is 192 cm³/mol. The second-order valence-electron chi connectivity index (χ2n) is 15.3. The summed E-state index contributed by atoms with van der Waals surface area (Å²) in [7, 11) is 0. The Hall–Kier alpha value is -2.19. The Morgan fingerprint density at radius 2 is 0.979 bits per heavy atom. The van der Waals surface area contributed by atoms with Gasteiger partial charge in [0.1, 0.15) is 18.3 Å². The molecule has 5 heterocycles. The molecule has 8 heteroatoms. The summed E-state index contributed by atoms with van der Waals surface area (Å²) >= 11 is 0. The van der Waals surface area contributed by atoms with Crippen molar-refractivity contribution in [3.8, 4) is 0 Å². The van der Waals surface area contributed by atoms with Crippen LogP contribution < -0.4 is 0 Å². The van der Waals surface area contributed by atoms with E-state index in [2.05, 4.69) is 82.2 Å². The quantitative estimate of drug-likeness (QED) is 0.143. The van der Waals surface area contributed by atoms with E-state index in [0.717, 1.165) is 30.6 Å². The van der Waals surface area contributed by atoms with E-state index in [1.165, 1.54) is 12.0 Å². The van der Waals surface area contributed by atoms with Gasteiger partial charge in [-0.3, -0.25) is 9.59 Å². The van der Waals surface area contributed by atoms with Crippen molar-refractivity contribution in [2.24, 2.45) is 47.3 Å². The van der Waals surface area contributed by atoms with E-state index in [0.29, 0.717) is 60.6 Å². The topological polar surface area (TPSA) is 97.4 Å². The lowest BCUT2D eigenvalue weighted by Crippen LogP contribution is -2.34. The maximum absolute atomic E-state index is 10.8. The van der Waals surface area contributed by atoms with Gasteiger partial charge in [0, 0.05) is 37.4 Å². The highest BCUT2D eigenvalue weighted by molar-refractivity contribution is 5.83. The van der Waals surface area contributed by atoms with Gasteiger partial charge in [-0.05, 0) is 90.4 Å². The van der Waals surface area contributed by atoms with Crippen LogP contribution in [0.3, 0.4) is 0 Å². The number of hydrogen-bond acceptors (Lipinski definition) is 8. The molecule has 5 aliphatic heterocycles. The first-order valence-corrected chi connectivity index (χ1v) is 18.4. The van der Waals surface area contributed by atoms with Gasteiger partial charge in [0.25, 0.3) is 0 Å². The average Bonchev–Trinajstić information content (AvgIpc) is 3.00. The summed E-state index contributed by atoms with van der Waals surface area (Å²) in [6.07, 6.45) is 7.28. The lowest BCUT2D eigenvalue weighted by atomic mass is 9.87. The number of ether oxygens (including phenoxy) is 5. The molecule has 8 nitrogen and oxygen atoms in total. The Morgan fingerprint density at radius 1 is 0.521 bits per heavy atom. The van der Waals surface area contributed by atoms with Crippen LogP contribution in [0.5, 0.6) is 0 Å². The number of rotatable bonds is 0. The smallest absolute Gasteiger partial charge is 0.330 e. The molecule has 3 fully saturated rings. The molecule has 0 N–H and O–H groups in total. The minimum Gasteiger partial charge on any atom is -0.462 e. The Labute approximate surface area is 293 Å². The minimum atomic E-state index is -0.205. The molecule has 48 heavy (non-hydrogen) atoms. The number of hydrogen-bond donors (Lipinski definition) is 0. The highest BCUT2D eigenvalue weighted by Gasteiger charge is 2.30. The SMILES string of the molecule is CC1=CC(=O)O[C@@H](C)[C@H]1C.CC1=CCO[C@@H](C)[C@H]1C.CC1CC(=O)O[C@@H](C)[C@H]1C.CC1CC(=O)O[C@@H](C)[C@H]1C.CC1CCO[C@@H](C)[C@H]1C. The van der Waals surface area contributed by atoms with Crippen LogP contribution in [0.4, 0.5) is 0 Å². The molecule has 0 bridgehead atoms. The monoisotopic (exact) mass is 679 g/mol. The summed E-state index contributed by atoms with van der Waals surface area (Å²) in [5, 5.41) is 0. The van der Waals surface area contributed by atoms with Crippen molar-refractivity contribution in [2.75, 3.05) is 13.2 Å². The molecule has 13 atom stereocenters. The molecule has 0 spiro atoms. The maximum atomic E-state index is 10.8. The number of carbonyl (C=O) groups is 3. The van der Waals surface area contributed by atoms with Crippen molar-refractivity contribution in [3.05, 3.63) is 23.3 Å². The molecule has 0 aliphatic carbocycles. The van der Waals surface area contributed by atoms with Crippen LogP contribution in [0.2, 0.25) is 0 Å². The standard InChI is InChI=1S/2C8H14O2.C8H12O2.C8H16O.C8H14O/c3*1-5-4-8(9)10-7(3)6(5)2;2*1-6-4-5-9-8(3)7(6)2/h2*5-7H,4H2,1-3H3;4,6-7H,1-3H3;6-8H,4-5H2,1-3H3;4,7-8H,5H2,1-3H3/t2*5?,6-,7-;6-,7-;6?,7-,8-;7-,8-/m00000/s1. The van der Waals surface area contributed by atoms with Gasteiger partial charge >= 0.3 is 17.9 Å². The Morgan fingerprint density at radius 3 is 1.35 bits per heavy atom. The number of esters is 3. The van der Waals surface area contributed by atoms with E-state index in [-0.39, 0.29) is 36.2 Å². The van der Waals surface area contributed by atoms with Gasteiger partial charge in [-0.2, -0.15) is 0 Å². The van der Waals surface area contributed by atoms with E-state index < -0.39 is 0 Å². The zero-order chi connectivity index (χ0) is 36.9. The lowest BCUT2D eigenvalue weighted by Gasteiger charge is -2.31. The molecule has 0 saturated carbocycles. The van der Waals surface area contributed by atoms with Crippen LogP contribution in [0.1, 0.15) is 123 Å². The molecule has 3 unspecified atom stereocenters. The fraction of sp³-hybridized carbons (Fsp3) is 0.825. The van der Waals surface area contributed by atoms with E-state index in [1.807, 2.05) is 27.7 Å². The van der Waals surface area contributed by atoms with E-state index >= 15 is 0 Å². The molecule has 0 aromatic rings. The third-order valence-corrected chi connectivity index (χ3v) is 11.7. The second kappa shape index (κ2) is 21.1. The Balaban J connectivity index is 0.000000300. The normalized spacial score (nSPS) is 39.2. The Bertz CT molecular complexity index is 993. The first-order valence-electron chi connectivity index (χ1n) is 18.4. The molecular weight excluding hydrogens is 608 g/mol. The highest BCUT2D eigenvalue weighted by Crippen LogP contribution is 2.28. The van der Waals surface area contributed by atoms with Crippen LogP contribution in [0.15, 0.2) is 23.3 Å². The molecule has 0 aromatic heterocycles. The van der Waals surface area contributed by atoms with Crippen molar-refractivity contribution in [3.63, 3.8) is 0 Å². The zero-order valence-corrected chi connectivity index (χ0v) is 33.0. The van der Waals surface area contributed by atoms with Gasteiger partial charge in [0.05, 0.1) is 18.8 Å². The first kappa shape index (κ1) is 43.8. The van der Waals surface area contributed by atoms with Gasteiger partial charge in [-0.1, -0.05) is 72.6 Å². The molecular formula is C40H70O8. The van der Waals surface area contributed by atoms with Gasteiger partial charge in [-0.15, -0.1) is 0 Å². The summed E-state index contributed by atoms with van der Waals surface area (Å²) in [4.78, 5) is 32.3. The second-order valence-corrected chi connectivity index (χ2v) is 15.3. The van der Waals surface area contributed by atoms with Gasteiger partial charge in [0.2, 0.25) is 0 Å². The summed E-state index contributed by atoms with van der Waals surface area (Å²) in [5.41, 5.74) is 2.58. The molecule has 5 rings (SSSR count). The van der Waals surface area contributed by atoms with Gasteiger partial charge < -0.3 is 23.7 Å². The summed E-state index contributed by atoms with van der Waals surface area (Å²) in [6, 6.07) is 0. The number of carbonyl (C=O) groups excluding carboxylic acids is 3. The fourth-order valence-electron chi connectivity index (χ4n) is 5.90. The van der Waals surface area contributed by atoms with Crippen molar-refractivity contribution in [2.45, 2.75) is 154 Å². The van der Waals surface area contributed by atoms with Crippen LogP contribution in [0, 0.1) is 47.3 Å².